The molecule has 0 saturated carbocycles. The fraction of sp³-hybridized carbons (Fsp3) is 0.417. The summed E-state index contributed by atoms with van der Waals surface area (Å²) in [6.07, 6.45) is 0.916. The molecule has 1 rings (SSSR count). The third-order valence-electron chi connectivity index (χ3n) is 2.59. The molecule has 0 aliphatic heterocycles. The molecule has 0 aliphatic rings. The van der Waals surface area contributed by atoms with E-state index in [1.54, 1.807) is 6.92 Å². The fourth-order valence-electron chi connectivity index (χ4n) is 1.46. The van der Waals surface area contributed by atoms with Crippen molar-refractivity contribution in [2.24, 2.45) is 0 Å². The van der Waals surface area contributed by atoms with Crippen LogP contribution in [0, 0.1) is 17.0 Å². The minimum Gasteiger partial charge on any atom is -0.351 e. The highest BCUT2D eigenvalue weighted by atomic mass is 79.9. The van der Waals surface area contributed by atoms with E-state index in [1.165, 1.54) is 18.2 Å². The van der Waals surface area contributed by atoms with Gasteiger partial charge in [0.2, 0.25) is 0 Å². The number of nitrogens with zero attached hydrogens (tertiary/aromatic N) is 1. The van der Waals surface area contributed by atoms with Gasteiger partial charge in [0.15, 0.2) is 0 Å². The van der Waals surface area contributed by atoms with Crippen LogP contribution in [0.1, 0.15) is 29.3 Å². The zero-order valence-corrected chi connectivity index (χ0v) is 11.9. The summed E-state index contributed by atoms with van der Waals surface area (Å²) >= 11 is 3.42. The Hall–Kier alpha value is -1.43. The molecule has 0 fully saturated rings. The first kappa shape index (κ1) is 14.6. The Morgan fingerprint density at radius 3 is 2.72 bits per heavy atom. The highest BCUT2D eigenvalue weighted by Gasteiger charge is 2.13. The first-order chi connectivity index (χ1) is 8.45. The van der Waals surface area contributed by atoms with Crippen LogP contribution in [0.15, 0.2) is 18.2 Å². The maximum atomic E-state index is 11.9. The monoisotopic (exact) mass is 314 g/mol. The number of benzene rings is 1. The molecule has 0 saturated heterocycles. The lowest BCUT2D eigenvalue weighted by Crippen LogP contribution is -2.29. The number of carbonyl (C=O) groups excluding carboxylic acids is 1. The number of halogens is 1. The maximum Gasteiger partial charge on any atom is 0.269 e. The van der Waals surface area contributed by atoms with E-state index in [0.717, 1.165) is 6.42 Å². The molecule has 18 heavy (non-hydrogen) atoms. The molecular formula is C12H15BrN2O3. The van der Waals surface area contributed by atoms with Gasteiger partial charge in [-0.05, 0) is 25.0 Å². The first-order valence-corrected chi connectivity index (χ1v) is 6.54. The zero-order valence-electron chi connectivity index (χ0n) is 10.3. The van der Waals surface area contributed by atoms with Gasteiger partial charge in [-0.1, -0.05) is 22.9 Å². The molecule has 1 aromatic carbocycles. The van der Waals surface area contributed by atoms with Crippen molar-refractivity contribution in [3.8, 4) is 0 Å². The summed E-state index contributed by atoms with van der Waals surface area (Å²) < 4.78 is 0. The van der Waals surface area contributed by atoms with Crippen LogP contribution in [0.5, 0.6) is 0 Å². The van der Waals surface area contributed by atoms with E-state index in [2.05, 4.69) is 21.2 Å². The van der Waals surface area contributed by atoms with Gasteiger partial charge in [-0.3, -0.25) is 14.9 Å². The van der Waals surface area contributed by atoms with E-state index in [1.807, 2.05) is 6.92 Å². The topological polar surface area (TPSA) is 72.2 Å². The van der Waals surface area contributed by atoms with Crippen molar-refractivity contribution in [3.05, 3.63) is 39.4 Å². The number of carbonyl (C=O) groups is 1. The van der Waals surface area contributed by atoms with Crippen molar-refractivity contribution in [2.45, 2.75) is 25.1 Å². The first-order valence-electron chi connectivity index (χ1n) is 5.63. The van der Waals surface area contributed by atoms with Gasteiger partial charge in [-0.15, -0.1) is 0 Å². The zero-order chi connectivity index (χ0) is 13.7. The fourth-order valence-corrected chi connectivity index (χ4v) is 1.62. The minimum absolute atomic E-state index is 0.00373. The van der Waals surface area contributed by atoms with Crippen molar-refractivity contribution in [1.82, 2.24) is 5.32 Å². The molecule has 0 bridgehead atoms. The summed E-state index contributed by atoms with van der Waals surface area (Å²) in [6.45, 7) is 4.24. The van der Waals surface area contributed by atoms with Crippen LogP contribution < -0.4 is 5.32 Å². The van der Waals surface area contributed by atoms with E-state index in [4.69, 9.17) is 0 Å². The molecule has 0 spiro atoms. The Labute approximate surface area is 114 Å². The van der Waals surface area contributed by atoms with E-state index in [9.17, 15) is 14.9 Å². The number of amides is 1. The summed E-state index contributed by atoms with van der Waals surface area (Å²) in [5, 5.41) is 13.4. The Morgan fingerprint density at radius 1 is 1.56 bits per heavy atom. The minimum atomic E-state index is -0.472. The standard InChI is InChI=1S/C12H15BrN2O3/c1-3-9(13)7-14-12(16)11-5-4-10(15(17)18)6-8(11)2/h4-6,9H,3,7H2,1-2H3,(H,14,16). The number of nitro groups is 1. The normalized spacial score (nSPS) is 11.9. The molecule has 98 valence electrons. The van der Waals surface area contributed by atoms with Crippen LogP contribution in [-0.4, -0.2) is 22.2 Å². The molecule has 6 heteroatoms. The molecule has 0 radical (unpaired) electrons. The average Bonchev–Trinajstić information content (AvgIpc) is 2.35. The summed E-state index contributed by atoms with van der Waals surface area (Å²) in [6, 6.07) is 4.23. The second-order valence-electron chi connectivity index (χ2n) is 3.97. The number of hydrogen-bond acceptors (Lipinski definition) is 3. The van der Waals surface area contributed by atoms with Crippen molar-refractivity contribution < 1.29 is 9.72 Å². The van der Waals surface area contributed by atoms with E-state index >= 15 is 0 Å². The summed E-state index contributed by atoms with van der Waals surface area (Å²) in [5.41, 5.74) is 1.07. The Balaban J connectivity index is 2.78. The predicted octanol–water partition coefficient (Wildman–Crippen LogP) is 2.81. The number of aryl methyl sites for hydroxylation is 1. The lowest BCUT2D eigenvalue weighted by Gasteiger charge is -2.10. The molecule has 1 aromatic rings. The van der Waals surface area contributed by atoms with Gasteiger partial charge in [-0.2, -0.15) is 0 Å². The Bertz CT molecular complexity index is 463. The van der Waals surface area contributed by atoms with Crippen molar-refractivity contribution >= 4 is 27.5 Å². The molecule has 1 unspecified atom stereocenters. The van der Waals surface area contributed by atoms with Crippen LogP contribution in [0.4, 0.5) is 5.69 Å². The molecule has 1 amide bonds. The quantitative estimate of drug-likeness (QED) is 0.516. The molecule has 0 aliphatic carbocycles. The molecule has 1 atom stereocenters. The summed E-state index contributed by atoms with van der Waals surface area (Å²) in [7, 11) is 0. The molecule has 0 aromatic heterocycles. The predicted molar refractivity (Wildman–Crippen MR) is 73.2 cm³/mol. The second-order valence-corrected chi connectivity index (χ2v) is 5.27. The number of rotatable bonds is 5. The second kappa shape index (κ2) is 6.49. The molecule has 5 nitrogen and oxygen atoms in total. The highest BCUT2D eigenvalue weighted by Crippen LogP contribution is 2.17. The van der Waals surface area contributed by atoms with Crippen LogP contribution >= 0.6 is 15.9 Å². The van der Waals surface area contributed by atoms with E-state index in [0.29, 0.717) is 17.7 Å². The van der Waals surface area contributed by atoms with Gasteiger partial charge in [0.25, 0.3) is 11.6 Å². The van der Waals surface area contributed by atoms with Gasteiger partial charge >= 0.3 is 0 Å². The number of alkyl halides is 1. The maximum absolute atomic E-state index is 11.9. The summed E-state index contributed by atoms with van der Waals surface area (Å²) in [5.74, 6) is -0.208. The molecular weight excluding hydrogens is 300 g/mol. The number of hydrogen-bond donors (Lipinski definition) is 1. The lowest BCUT2D eigenvalue weighted by atomic mass is 10.1. The van der Waals surface area contributed by atoms with Gasteiger partial charge in [0.05, 0.1) is 4.92 Å². The van der Waals surface area contributed by atoms with Crippen LogP contribution in [0.2, 0.25) is 0 Å². The van der Waals surface area contributed by atoms with Crippen molar-refractivity contribution in [1.29, 1.82) is 0 Å². The number of nitrogens with one attached hydrogen (secondary N) is 1. The van der Waals surface area contributed by atoms with Gasteiger partial charge < -0.3 is 5.32 Å². The van der Waals surface area contributed by atoms with Crippen LogP contribution in [0.3, 0.4) is 0 Å². The Kier molecular flexibility index (Phi) is 5.27. The SMILES string of the molecule is CCC(Br)CNC(=O)c1ccc([N+](=O)[O-])cc1C. The van der Waals surface area contributed by atoms with Gasteiger partial charge in [0, 0.05) is 29.1 Å². The molecule has 1 N–H and O–H groups in total. The number of non-ortho nitro benzene ring substituents is 1. The van der Waals surface area contributed by atoms with Crippen LogP contribution in [0.25, 0.3) is 0 Å². The summed E-state index contributed by atoms with van der Waals surface area (Å²) in [4.78, 5) is 22.2. The third-order valence-corrected chi connectivity index (χ3v) is 3.56. The van der Waals surface area contributed by atoms with E-state index in [-0.39, 0.29) is 16.4 Å². The van der Waals surface area contributed by atoms with Crippen molar-refractivity contribution in [3.63, 3.8) is 0 Å². The Morgan fingerprint density at radius 2 is 2.22 bits per heavy atom. The average molecular weight is 315 g/mol. The largest absolute Gasteiger partial charge is 0.351 e. The smallest absolute Gasteiger partial charge is 0.269 e. The van der Waals surface area contributed by atoms with Crippen molar-refractivity contribution in [2.75, 3.05) is 6.54 Å². The number of nitro benzene ring substituents is 1. The highest BCUT2D eigenvalue weighted by molar-refractivity contribution is 9.09. The van der Waals surface area contributed by atoms with Crippen LogP contribution in [-0.2, 0) is 0 Å². The van der Waals surface area contributed by atoms with Gasteiger partial charge in [-0.25, -0.2) is 0 Å². The van der Waals surface area contributed by atoms with E-state index < -0.39 is 4.92 Å². The molecule has 0 heterocycles. The lowest BCUT2D eigenvalue weighted by molar-refractivity contribution is -0.384. The van der Waals surface area contributed by atoms with Gasteiger partial charge in [0.1, 0.15) is 0 Å². The third kappa shape index (κ3) is 3.80.